The summed E-state index contributed by atoms with van der Waals surface area (Å²) in [7, 11) is 0. The van der Waals surface area contributed by atoms with Gasteiger partial charge in [-0.05, 0) is 31.9 Å². The lowest BCUT2D eigenvalue weighted by Gasteiger charge is -2.41. The molecule has 0 spiro atoms. The van der Waals surface area contributed by atoms with Crippen LogP contribution in [0.4, 0.5) is 0 Å². The number of nitrogens with zero attached hydrogens (tertiary/aromatic N) is 1. The highest BCUT2D eigenvalue weighted by Crippen LogP contribution is 2.31. The van der Waals surface area contributed by atoms with Crippen molar-refractivity contribution in [3.8, 4) is 0 Å². The highest BCUT2D eigenvalue weighted by atomic mass is 15.2. The third-order valence-corrected chi connectivity index (χ3v) is 4.41. The van der Waals surface area contributed by atoms with Crippen LogP contribution in [-0.4, -0.2) is 23.5 Å². The maximum absolute atomic E-state index is 6.31. The molecular formula is C17H28N2. The van der Waals surface area contributed by atoms with Gasteiger partial charge in [0.15, 0.2) is 0 Å². The SMILES string of the molecule is CCN(C1CCCCC1)C(c1ccccc1)C(C)N. The Balaban J connectivity index is 2.20. The predicted molar refractivity (Wildman–Crippen MR) is 82.1 cm³/mol. The van der Waals surface area contributed by atoms with E-state index in [1.807, 2.05) is 0 Å². The maximum atomic E-state index is 6.31. The number of likely N-dealkylation sites (N-methyl/N-ethyl adjacent to an activating group) is 1. The minimum absolute atomic E-state index is 0.171. The Bertz CT molecular complexity index is 355. The zero-order valence-corrected chi connectivity index (χ0v) is 12.4. The van der Waals surface area contributed by atoms with E-state index in [1.165, 1.54) is 37.7 Å². The first kappa shape index (κ1) is 14.5. The van der Waals surface area contributed by atoms with Gasteiger partial charge in [-0.25, -0.2) is 0 Å². The second kappa shape index (κ2) is 7.06. The van der Waals surface area contributed by atoms with E-state index < -0.39 is 0 Å². The molecule has 2 rings (SSSR count). The Labute approximate surface area is 118 Å². The average Bonchev–Trinajstić information content (AvgIpc) is 2.46. The summed E-state index contributed by atoms with van der Waals surface area (Å²) in [6.07, 6.45) is 6.83. The van der Waals surface area contributed by atoms with Crippen molar-refractivity contribution < 1.29 is 0 Å². The quantitative estimate of drug-likeness (QED) is 0.874. The molecule has 0 amide bonds. The molecule has 2 unspecified atom stereocenters. The van der Waals surface area contributed by atoms with Crippen LogP contribution in [0.15, 0.2) is 30.3 Å². The van der Waals surface area contributed by atoms with E-state index >= 15 is 0 Å². The highest BCUT2D eigenvalue weighted by Gasteiger charge is 2.29. The summed E-state index contributed by atoms with van der Waals surface area (Å²) in [6.45, 7) is 5.50. The molecule has 1 aromatic carbocycles. The molecule has 1 aliphatic carbocycles. The van der Waals surface area contributed by atoms with Gasteiger partial charge in [-0.3, -0.25) is 4.90 Å². The Morgan fingerprint density at radius 1 is 1.16 bits per heavy atom. The predicted octanol–water partition coefficient (Wildman–Crippen LogP) is 3.73. The molecule has 0 heterocycles. The van der Waals surface area contributed by atoms with Gasteiger partial charge in [-0.1, -0.05) is 56.5 Å². The van der Waals surface area contributed by atoms with Crippen LogP contribution in [0, 0.1) is 0 Å². The highest BCUT2D eigenvalue weighted by molar-refractivity contribution is 5.20. The van der Waals surface area contributed by atoms with Crippen LogP contribution in [0.2, 0.25) is 0 Å². The normalized spacial score (nSPS) is 20.4. The van der Waals surface area contributed by atoms with Gasteiger partial charge in [0.2, 0.25) is 0 Å². The number of rotatable bonds is 5. The van der Waals surface area contributed by atoms with E-state index in [0.29, 0.717) is 6.04 Å². The van der Waals surface area contributed by atoms with Crippen molar-refractivity contribution in [3.63, 3.8) is 0 Å². The first-order valence-electron chi connectivity index (χ1n) is 7.80. The number of benzene rings is 1. The molecule has 1 aliphatic rings. The van der Waals surface area contributed by atoms with Gasteiger partial charge in [0, 0.05) is 18.1 Å². The molecule has 0 aromatic heterocycles. The van der Waals surface area contributed by atoms with E-state index in [2.05, 4.69) is 49.1 Å². The Morgan fingerprint density at radius 3 is 2.32 bits per heavy atom. The largest absolute Gasteiger partial charge is 0.326 e. The third kappa shape index (κ3) is 3.58. The van der Waals surface area contributed by atoms with E-state index in [0.717, 1.165) is 12.6 Å². The van der Waals surface area contributed by atoms with E-state index in [4.69, 9.17) is 5.73 Å². The summed E-state index contributed by atoms with van der Waals surface area (Å²) in [5.41, 5.74) is 7.68. The van der Waals surface area contributed by atoms with Crippen LogP contribution >= 0.6 is 0 Å². The second-order valence-electron chi connectivity index (χ2n) is 5.84. The van der Waals surface area contributed by atoms with Crippen molar-refractivity contribution in [2.45, 2.75) is 64.1 Å². The van der Waals surface area contributed by atoms with Crippen molar-refractivity contribution in [2.24, 2.45) is 5.73 Å². The number of hydrogen-bond donors (Lipinski definition) is 1. The summed E-state index contributed by atoms with van der Waals surface area (Å²) in [6, 6.07) is 12.0. The Kier molecular flexibility index (Phi) is 5.41. The van der Waals surface area contributed by atoms with Crippen molar-refractivity contribution in [1.82, 2.24) is 4.90 Å². The summed E-state index contributed by atoms with van der Waals surface area (Å²) in [4.78, 5) is 2.64. The fraction of sp³-hybridized carbons (Fsp3) is 0.647. The van der Waals surface area contributed by atoms with Gasteiger partial charge in [0.25, 0.3) is 0 Å². The van der Waals surface area contributed by atoms with Crippen molar-refractivity contribution >= 4 is 0 Å². The van der Waals surface area contributed by atoms with Gasteiger partial charge < -0.3 is 5.73 Å². The average molecular weight is 260 g/mol. The molecule has 0 bridgehead atoms. The van der Waals surface area contributed by atoms with Crippen LogP contribution in [-0.2, 0) is 0 Å². The molecule has 2 N–H and O–H groups in total. The third-order valence-electron chi connectivity index (χ3n) is 4.41. The molecule has 2 nitrogen and oxygen atoms in total. The first-order valence-corrected chi connectivity index (χ1v) is 7.80. The second-order valence-corrected chi connectivity index (χ2v) is 5.84. The minimum Gasteiger partial charge on any atom is -0.326 e. The first-order chi connectivity index (χ1) is 9.24. The number of hydrogen-bond acceptors (Lipinski definition) is 2. The monoisotopic (exact) mass is 260 g/mol. The van der Waals surface area contributed by atoms with E-state index in [9.17, 15) is 0 Å². The smallest absolute Gasteiger partial charge is 0.0499 e. The maximum Gasteiger partial charge on any atom is 0.0499 e. The standard InChI is InChI=1S/C17H28N2/c1-3-19(16-12-8-5-9-13-16)17(14(2)18)15-10-6-4-7-11-15/h4,6-7,10-11,14,16-17H,3,5,8-9,12-13,18H2,1-2H3. The molecular weight excluding hydrogens is 232 g/mol. The van der Waals surface area contributed by atoms with Crippen molar-refractivity contribution in [2.75, 3.05) is 6.54 Å². The van der Waals surface area contributed by atoms with Gasteiger partial charge >= 0.3 is 0 Å². The lowest BCUT2D eigenvalue weighted by atomic mass is 9.90. The molecule has 2 atom stereocenters. The molecule has 0 aliphatic heterocycles. The molecule has 1 aromatic rings. The van der Waals surface area contributed by atoms with Gasteiger partial charge in [0.05, 0.1) is 0 Å². The topological polar surface area (TPSA) is 29.3 Å². The summed E-state index contributed by atoms with van der Waals surface area (Å²) in [5, 5.41) is 0. The molecule has 19 heavy (non-hydrogen) atoms. The molecule has 0 saturated heterocycles. The van der Waals surface area contributed by atoms with E-state index in [-0.39, 0.29) is 6.04 Å². The Hall–Kier alpha value is -0.860. The fourth-order valence-electron chi connectivity index (χ4n) is 3.54. The van der Waals surface area contributed by atoms with Crippen LogP contribution in [0.5, 0.6) is 0 Å². The molecule has 1 saturated carbocycles. The lowest BCUT2D eigenvalue weighted by molar-refractivity contribution is 0.0974. The van der Waals surface area contributed by atoms with Gasteiger partial charge in [-0.15, -0.1) is 0 Å². The zero-order valence-electron chi connectivity index (χ0n) is 12.4. The molecule has 2 heteroatoms. The van der Waals surface area contributed by atoms with Crippen LogP contribution < -0.4 is 5.73 Å². The van der Waals surface area contributed by atoms with Crippen molar-refractivity contribution in [1.29, 1.82) is 0 Å². The van der Waals surface area contributed by atoms with Crippen LogP contribution in [0.1, 0.15) is 57.6 Å². The lowest BCUT2D eigenvalue weighted by Crippen LogP contribution is -2.45. The summed E-state index contributed by atoms with van der Waals surface area (Å²) in [5.74, 6) is 0. The van der Waals surface area contributed by atoms with Gasteiger partial charge in [-0.2, -0.15) is 0 Å². The van der Waals surface area contributed by atoms with Crippen LogP contribution in [0.25, 0.3) is 0 Å². The summed E-state index contributed by atoms with van der Waals surface area (Å²) >= 11 is 0. The van der Waals surface area contributed by atoms with Gasteiger partial charge in [0.1, 0.15) is 0 Å². The molecule has 0 radical (unpaired) electrons. The summed E-state index contributed by atoms with van der Waals surface area (Å²) < 4.78 is 0. The number of nitrogens with two attached hydrogens (primary N) is 1. The Morgan fingerprint density at radius 2 is 1.79 bits per heavy atom. The molecule has 106 valence electrons. The van der Waals surface area contributed by atoms with Crippen molar-refractivity contribution in [3.05, 3.63) is 35.9 Å². The molecule has 1 fully saturated rings. The van der Waals surface area contributed by atoms with Crippen LogP contribution in [0.3, 0.4) is 0 Å². The fourth-order valence-corrected chi connectivity index (χ4v) is 3.54. The van der Waals surface area contributed by atoms with E-state index in [1.54, 1.807) is 0 Å². The minimum atomic E-state index is 0.171. The zero-order chi connectivity index (χ0) is 13.7.